The van der Waals surface area contributed by atoms with E-state index in [4.69, 9.17) is 4.84 Å². The average Bonchev–Trinajstić information content (AvgIpc) is 1.86. The van der Waals surface area contributed by atoms with Crippen molar-refractivity contribution in [1.82, 2.24) is 5.17 Å². The van der Waals surface area contributed by atoms with E-state index in [-0.39, 0.29) is 0 Å². The van der Waals surface area contributed by atoms with Crippen LogP contribution in [0.3, 0.4) is 0 Å². The lowest BCUT2D eigenvalue weighted by molar-refractivity contribution is -0.103. The largest absolute Gasteiger partial charge is 0.251 e. The van der Waals surface area contributed by atoms with E-state index in [2.05, 4.69) is 5.10 Å². The number of hydroxylamine groups is 1. The molecule has 0 aliphatic carbocycles. The summed E-state index contributed by atoms with van der Waals surface area (Å²) in [5.74, 6) is 0. The standard InChI is InChI=1S/C3H6N2O/c1-5-4-2-3-6-5/h2H,3H2,1H3. The average molecular weight is 86.1 g/mol. The third-order valence-electron chi connectivity index (χ3n) is 0.580. The molecule has 0 aromatic carbocycles. The second-order valence-electron chi connectivity index (χ2n) is 1.06. The molecule has 0 fully saturated rings. The fourth-order valence-electron chi connectivity index (χ4n) is 0.323. The second-order valence-corrected chi connectivity index (χ2v) is 1.06. The topological polar surface area (TPSA) is 24.8 Å². The molecule has 1 aliphatic rings. The summed E-state index contributed by atoms with van der Waals surface area (Å²) in [4.78, 5) is 4.76. The molecule has 0 unspecified atom stereocenters. The zero-order valence-corrected chi connectivity index (χ0v) is 3.59. The lowest BCUT2D eigenvalue weighted by Gasteiger charge is -2.00. The van der Waals surface area contributed by atoms with Gasteiger partial charge in [0.25, 0.3) is 0 Å². The van der Waals surface area contributed by atoms with Crippen LogP contribution in [0, 0.1) is 0 Å². The van der Waals surface area contributed by atoms with Gasteiger partial charge in [-0.05, 0) is 0 Å². The zero-order valence-electron chi connectivity index (χ0n) is 3.59. The van der Waals surface area contributed by atoms with E-state index >= 15 is 0 Å². The van der Waals surface area contributed by atoms with Crippen LogP contribution in [0.25, 0.3) is 0 Å². The van der Waals surface area contributed by atoms with Crippen LogP contribution in [0.4, 0.5) is 0 Å². The molecule has 0 aromatic rings. The molecule has 0 radical (unpaired) electrons. The molecule has 0 saturated heterocycles. The predicted octanol–water partition coefficient (Wildman–Crippen LogP) is -0.151. The van der Waals surface area contributed by atoms with E-state index in [1.807, 2.05) is 0 Å². The van der Waals surface area contributed by atoms with Gasteiger partial charge < -0.3 is 0 Å². The lowest BCUT2D eigenvalue weighted by Crippen LogP contribution is -2.03. The predicted molar refractivity (Wildman–Crippen MR) is 22.2 cm³/mol. The molecule has 0 amide bonds. The highest BCUT2D eigenvalue weighted by molar-refractivity contribution is 5.58. The minimum atomic E-state index is 0.622. The van der Waals surface area contributed by atoms with E-state index in [0.717, 1.165) is 0 Å². The van der Waals surface area contributed by atoms with Gasteiger partial charge in [0.1, 0.15) is 6.61 Å². The molecule has 34 valence electrons. The van der Waals surface area contributed by atoms with Gasteiger partial charge in [0.2, 0.25) is 0 Å². The Morgan fingerprint density at radius 1 is 2.00 bits per heavy atom. The molecule has 1 aliphatic heterocycles. The first kappa shape index (κ1) is 3.61. The number of nitrogens with zero attached hydrogens (tertiary/aromatic N) is 2. The van der Waals surface area contributed by atoms with Crippen LogP contribution in [-0.2, 0) is 4.84 Å². The van der Waals surface area contributed by atoms with Crippen LogP contribution in [0.2, 0.25) is 0 Å². The molecule has 0 aromatic heterocycles. The summed E-state index contributed by atoms with van der Waals surface area (Å²) >= 11 is 0. The molecule has 3 nitrogen and oxygen atoms in total. The van der Waals surface area contributed by atoms with Crippen molar-refractivity contribution in [2.24, 2.45) is 5.10 Å². The number of hydrazone groups is 1. The Balaban J connectivity index is 2.38. The lowest BCUT2D eigenvalue weighted by atomic mass is 10.8. The van der Waals surface area contributed by atoms with Crippen molar-refractivity contribution in [1.29, 1.82) is 0 Å². The SMILES string of the molecule is CN1N=CCO1. The van der Waals surface area contributed by atoms with E-state index in [9.17, 15) is 0 Å². The van der Waals surface area contributed by atoms with Crippen molar-refractivity contribution in [2.45, 2.75) is 0 Å². The van der Waals surface area contributed by atoms with Crippen LogP contribution in [0.15, 0.2) is 5.10 Å². The van der Waals surface area contributed by atoms with E-state index < -0.39 is 0 Å². The van der Waals surface area contributed by atoms with Crippen molar-refractivity contribution < 1.29 is 4.84 Å². The third-order valence-corrected chi connectivity index (χ3v) is 0.580. The summed E-state index contributed by atoms with van der Waals surface area (Å²) in [7, 11) is 1.75. The molecule has 1 rings (SSSR count). The van der Waals surface area contributed by atoms with Gasteiger partial charge in [0.15, 0.2) is 0 Å². The fraction of sp³-hybridized carbons (Fsp3) is 0.667. The third kappa shape index (κ3) is 0.490. The fourth-order valence-corrected chi connectivity index (χ4v) is 0.323. The van der Waals surface area contributed by atoms with E-state index in [0.29, 0.717) is 6.61 Å². The summed E-state index contributed by atoms with van der Waals surface area (Å²) < 4.78 is 0. The van der Waals surface area contributed by atoms with Crippen molar-refractivity contribution >= 4 is 6.21 Å². The minimum absolute atomic E-state index is 0.622. The summed E-state index contributed by atoms with van der Waals surface area (Å²) in [6.45, 7) is 0.622. The van der Waals surface area contributed by atoms with Crippen LogP contribution in [-0.4, -0.2) is 25.0 Å². The first-order chi connectivity index (χ1) is 2.89. The van der Waals surface area contributed by atoms with Crippen molar-refractivity contribution in [2.75, 3.05) is 13.7 Å². The summed E-state index contributed by atoms with van der Waals surface area (Å²) in [5.41, 5.74) is 0. The number of hydrogen-bond acceptors (Lipinski definition) is 3. The molecule has 6 heavy (non-hydrogen) atoms. The quantitative estimate of drug-likeness (QED) is 0.409. The van der Waals surface area contributed by atoms with Crippen LogP contribution in [0.5, 0.6) is 0 Å². The highest BCUT2D eigenvalue weighted by atomic mass is 16.7. The van der Waals surface area contributed by atoms with E-state index in [1.165, 1.54) is 5.17 Å². The Bertz CT molecular complexity index is 71.2. The van der Waals surface area contributed by atoms with E-state index in [1.54, 1.807) is 13.3 Å². The van der Waals surface area contributed by atoms with Gasteiger partial charge in [-0.15, -0.1) is 0 Å². The minimum Gasteiger partial charge on any atom is -0.251 e. The van der Waals surface area contributed by atoms with Crippen LogP contribution < -0.4 is 0 Å². The van der Waals surface area contributed by atoms with Crippen molar-refractivity contribution in [3.63, 3.8) is 0 Å². The van der Waals surface area contributed by atoms with Gasteiger partial charge in [-0.25, -0.2) is 0 Å². The second kappa shape index (κ2) is 1.26. The maximum absolute atomic E-state index is 4.76. The highest BCUT2D eigenvalue weighted by Gasteiger charge is 1.94. The zero-order chi connectivity index (χ0) is 4.41. The van der Waals surface area contributed by atoms with Gasteiger partial charge in [-0.2, -0.15) is 10.3 Å². The Kier molecular flexibility index (Phi) is 0.759. The molecule has 1 heterocycles. The van der Waals surface area contributed by atoms with Crippen LogP contribution >= 0.6 is 0 Å². The van der Waals surface area contributed by atoms with Gasteiger partial charge in [0.05, 0.1) is 13.3 Å². The van der Waals surface area contributed by atoms with Gasteiger partial charge in [0, 0.05) is 0 Å². The van der Waals surface area contributed by atoms with Gasteiger partial charge in [-0.3, -0.25) is 4.84 Å². The molecule has 0 spiro atoms. The van der Waals surface area contributed by atoms with Crippen molar-refractivity contribution in [3.8, 4) is 0 Å². The normalized spacial score (nSPS) is 19.8. The molecular formula is C3H6N2O. The Morgan fingerprint density at radius 2 is 2.83 bits per heavy atom. The Hall–Kier alpha value is -0.570. The Labute approximate surface area is 36.2 Å². The molecule has 3 heteroatoms. The monoisotopic (exact) mass is 86.0 g/mol. The van der Waals surface area contributed by atoms with Gasteiger partial charge in [-0.1, -0.05) is 0 Å². The smallest absolute Gasteiger partial charge is 0.114 e. The first-order valence-electron chi connectivity index (χ1n) is 1.78. The molecule has 0 N–H and O–H groups in total. The molecule has 0 atom stereocenters. The van der Waals surface area contributed by atoms with Crippen molar-refractivity contribution in [3.05, 3.63) is 0 Å². The summed E-state index contributed by atoms with van der Waals surface area (Å²) in [6.07, 6.45) is 1.71. The maximum Gasteiger partial charge on any atom is 0.114 e. The first-order valence-corrected chi connectivity index (χ1v) is 1.78. The molecule has 0 saturated carbocycles. The highest BCUT2D eigenvalue weighted by Crippen LogP contribution is 1.88. The number of hydrogen-bond donors (Lipinski definition) is 0. The number of rotatable bonds is 0. The maximum atomic E-state index is 4.76. The molecular weight excluding hydrogens is 80.0 g/mol. The molecule has 0 bridgehead atoms. The van der Waals surface area contributed by atoms with Crippen LogP contribution in [0.1, 0.15) is 0 Å². The Morgan fingerprint density at radius 3 is 3.00 bits per heavy atom. The van der Waals surface area contributed by atoms with Gasteiger partial charge >= 0.3 is 0 Å². The summed E-state index contributed by atoms with van der Waals surface area (Å²) in [5, 5.41) is 5.15. The summed E-state index contributed by atoms with van der Waals surface area (Å²) in [6, 6.07) is 0.